The van der Waals surface area contributed by atoms with E-state index in [4.69, 9.17) is 0 Å². The van der Waals surface area contributed by atoms with Crippen LogP contribution >= 0.6 is 0 Å². The van der Waals surface area contributed by atoms with Gasteiger partial charge in [-0.1, -0.05) is 20.8 Å². The Morgan fingerprint density at radius 2 is 1.90 bits per heavy atom. The predicted molar refractivity (Wildman–Crippen MR) is 119 cm³/mol. The van der Waals surface area contributed by atoms with E-state index in [1.54, 1.807) is 4.80 Å². The lowest BCUT2D eigenvalue weighted by Crippen LogP contribution is -2.51. The topological polar surface area (TPSA) is 84.1 Å². The zero-order valence-electron chi connectivity index (χ0n) is 19.9. The summed E-state index contributed by atoms with van der Waals surface area (Å²) in [6.45, 7) is 9.51. The van der Waals surface area contributed by atoms with Gasteiger partial charge in [-0.15, -0.1) is 10.2 Å². The average Bonchev–Trinajstić information content (AvgIpc) is 3.26. The third-order valence-electron chi connectivity index (χ3n) is 10.5. The van der Waals surface area contributed by atoms with Crippen molar-refractivity contribution in [3.63, 3.8) is 0 Å². The van der Waals surface area contributed by atoms with E-state index >= 15 is 0 Å². The van der Waals surface area contributed by atoms with Crippen LogP contribution in [0.2, 0.25) is 0 Å². The zero-order valence-corrected chi connectivity index (χ0v) is 19.9. The Balaban J connectivity index is 1.33. The zero-order chi connectivity index (χ0) is 22.0. The van der Waals surface area contributed by atoms with Crippen molar-refractivity contribution in [2.24, 2.45) is 46.8 Å². The smallest absolute Gasteiger partial charge is 0.171 e. The Kier molecular flexibility index (Phi) is 5.48. The lowest BCUT2D eigenvalue weighted by atomic mass is 9.48. The second-order valence-electron chi connectivity index (χ2n) is 12.0. The van der Waals surface area contributed by atoms with Crippen LogP contribution in [-0.2, 0) is 6.54 Å². The molecule has 4 fully saturated rings. The monoisotopic (exact) mass is 430 g/mol. The molecule has 6 heteroatoms. The molecule has 31 heavy (non-hydrogen) atoms. The highest BCUT2D eigenvalue weighted by atomic mass is 16.3. The number of fused-ring (bicyclic) bond motifs is 5. The third-order valence-corrected chi connectivity index (χ3v) is 10.5. The maximum Gasteiger partial charge on any atom is 0.171 e. The number of tetrazole rings is 1. The van der Waals surface area contributed by atoms with Crippen LogP contribution in [0.3, 0.4) is 0 Å². The van der Waals surface area contributed by atoms with Crippen LogP contribution in [0.1, 0.15) is 84.4 Å². The molecular weight excluding hydrogens is 388 g/mol. The molecule has 4 aliphatic carbocycles. The van der Waals surface area contributed by atoms with E-state index in [0.29, 0.717) is 29.5 Å². The molecule has 4 aliphatic rings. The number of aromatic nitrogens is 4. The summed E-state index contributed by atoms with van der Waals surface area (Å²) in [5.41, 5.74) is -0.198. The number of aliphatic hydroxyl groups excluding tert-OH is 1. The number of aryl methyl sites for hydroxylation is 1. The van der Waals surface area contributed by atoms with Gasteiger partial charge in [-0.3, -0.25) is 0 Å². The van der Waals surface area contributed by atoms with Crippen LogP contribution in [-0.4, -0.2) is 42.1 Å². The minimum absolute atomic E-state index is 0.210. The fraction of sp³-hybridized carbons (Fsp3) is 0.960. The van der Waals surface area contributed by atoms with E-state index in [9.17, 15) is 10.2 Å². The van der Waals surface area contributed by atoms with Crippen LogP contribution in [0.5, 0.6) is 0 Å². The van der Waals surface area contributed by atoms with E-state index in [2.05, 4.69) is 36.2 Å². The predicted octanol–water partition coefficient (Wildman–Crippen LogP) is 4.00. The van der Waals surface area contributed by atoms with Gasteiger partial charge in [-0.25, -0.2) is 0 Å². The fourth-order valence-electron chi connectivity index (χ4n) is 9.14. The molecule has 2 N–H and O–H groups in total. The van der Waals surface area contributed by atoms with Crippen molar-refractivity contribution >= 4 is 0 Å². The minimum atomic E-state index is -0.408. The largest absolute Gasteiger partial charge is 0.393 e. The van der Waals surface area contributed by atoms with Crippen molar-refractivity contribution in [3.05, 3.63) is 5.82 Å². The number of aliphatic hydroxyl groups is 2. The lowest BCUT2D eigenvalue weighted by Gasteiger charge is -2.57. The maximum absolute atomic E-state index is 11.3. The average molecular weight is 431 g/mol. The maximum atomic E-state index is 11.3. The molecule has 6 nitrogen and oxygen atoms in total. The highest BCUT2D eigenvalue weighted by molar-refractivity contribution is 5.09. The van der Waals surface area contributed by atoms with Gasteiger partial charge in [0, 0.05) is 0 Å². The summed E-state index contributed by atoms with van der Waals surface area (Å²) >= 11 is 0. The molecule has 4 saturated carbocycles. The van der Waals surface area contributed by atoms with Crippen molar-refractivity contribution in [3.8, 4) is 0 Å². The van der Waals surface area contributed by atoms with Crippen LogP contribution in [0, 0.1) is 53.8 Å². The minimum Gasteiger partial charge on any atom is -0.393 e. The van der Waals surface area contributed by atoms with E-state index in [1.165, 1.54) is 32.1 Å². The van der Waals surface area contributed by atoms with E-state index < -0.39 is 5.60 Å². The highest BCUT2D eigenvalue weighted by Crippen LogP contribution is 2.65. The Bertz CT molecular complexity index is 798. The van der Waals surface area contributed by atoms with Crippen LogP contribution < -0.4 is 0 Å². The van der Waals surface area contributed by atoms with Gasteiger partial charge in [0.2, 0.25) is 0 Å². The molecule has 0 amide bonds. The summed E-state index contributed by atoms with van der Waals surface area (Å²) in [7, 11) is 0. The molecule has 174 valence electrons. The first-order valence-electron chi connectivity index (χ1n) is 12.9. The van der Waals surface area contributed by atoms with Gasteiger partial charge in [0.1, 0.15) is 0 Å². The summed E-state index contributed by atoms with van der Waals surface area (Å²) in [5.74, 6) is 5.05. The van der Waals surface area contributed by atoms with Crippen molar-refractivity contribution in [1.29, 1.82) is 0 Å². The number of hydrogen-bond donors (Lipinski definition) is 2. The normalized spacial score (nSPS) is 48.0. The van der Waals surface area contributed by atoms with Crippen molar-refractivity contribution in [1.82, 2.24) is 20.2 Å². The Morgan fingerprint density at radius 3 is 2.61 bits per heavy atom. The Morgan fingerprint density at radius 1 is 1.13 bits per heavy atom. The number of nitrogens with zero attached hydrogens (tertiary/aromatic N) is 4. The summed E-state index contributed by atoms with van der Waals surface area (Å²) < 4.78 is 0. The molecular formula is C25H42N4O2. The van der Waals surface area contributed by atoms with Crippen molar-refractivity contribution in [2.45, 2.75) is 104 Å². The first kappa shape index (κ1) is 21.8. The Labute approximate surface area is 187 Å². The highest BCUT2D eigenvalue weighted by Gasteiger charge is 2.61. The summed E-state index contributed by atoms with van der Waals surface area (Å²) in [5, 5.41) is 34.8. The van der Waals surface area contributed by atoms with Gasteiger partial charge < -0.3 is 10.2 Å². The molecule has 0 saturated heterocycles. The molecule has 0 aromatic carbocycles. The summed E-state index contributed by atoms with van der Waals surface area (Å²) in [4.78, 5) is 1.72. The first-order valence-corrected chi connectivity index (χ1v) is 12.9. The summed E-state index contributed by atoms with van der Waals surface area (Å²) in [6.07, 6.45) is 9.97. The lowest BCUT2D eigenvalue weighted by molar-refractivity contribution is -0.110. The van der Waals surface area contributed by atoms with Gasteiger partial charge in [0.05, 0.1) is 18.2 Å². The van der Waals surface area contributed by atoms with Gasteiger partial charge >= 0.3 is 0 Å². The van der Waals surface area contributed by atoms with E-state index in [0.717, 1.165) is 50.0 Å². The van der Waals surface area contributed by atoms with Gasteiger partial charge in [-0.05, 0) is 117 Å². The van der Waals surface area contributed by atoms with E-state index in [-0.39, 0.29) is 11.5 Å². The van der Waals surface area contributed by atoms with Crippen LogP contribution in [0.15, 0.2) is 0 Å². The number of rotatable bonds is 4. The molecule has 0 unspecified atom stereocenters. The van der Waals surface area contributed by atoms with Crippen LogP contribution in [0.25, 0.3) is 0 Å². The molecule has 0 radical (unpaired) electrons. The second-order valence-corrected chi connectivity index (χ2v) is 12.0. The molecule has 10 atom stereocenters. The molecule has 5 rings (SSSR count). The fourth-order valence-corrected chi connectivity index (χ4v) is 9.14. The first-order chi connectivity index (χ1) is 14.7. The molecule has 1 heterocycles. The number of hydrogen-bond acceptors (Lipinski definition) is 5. The van der Waals surface area contributed by atoms with Gasteiger partial charge in [0.15, 0.2) is 5.82 Å². The molecule has 0 bridgehead atoms. The second kappa shape index (κ2) is 7.79. The van der Waals surface area contributed by atoms with Gasteiger partial charge in [-0.2, -0.15) is 4.80 Å². The van der Waals surface area contributed by atoms with E-state index in [1.807, 2.05) is 6.92 Å². The van der Waals surface area contributed by atoms with Crippen LogP contribution in [0.4, 0.5) is 0 Å². The van der Waals surface area contributed by atoms with Crippen molar-refractivity contribution < 1.29 is 10.2 Å². The Hall–Kier alpha value is -1.01. The molecule has 1 aromatic rings. The molecule has 1 aromatic heterocycles. The molecule has 0 aliphatic heterocycles. The van der Waals surface area contributed by atoms with Crippen molar-refractivity contribution in [2.75, 3.05) is 0 Å². The van der Waals surface area contributed by atoms with Gasteiger partial charge in [0.25, 0.3) is 0 Å². The quantitative estimate of drug-likeness (QED) is 0.754. The SMILES string of the molecule is CC[C@@]1(O)CC[C@H]2[C@H](CC[C@@H]3[C@@H]2CC[C@]2(C)[C@@H]([C@@H](C)Cn4nnc(C)n4)[C@H](O)C[C@@H]32)C1. The summed E-state index contributed by atoms with van der Waals surface area (Å²) in [6, 6.07) is 0. The molecule has 0 spiro atoms. The third kappa shape index (κ3) is 3.56. The standard InChI is InChI=1S/C25H42N4O2/c1-5-25(31)11-9-18-17(13-25)6-7-20-19(18)8-10-24(4)21(20)12-22(30)23(24)15(2)14-29-27-16(3)26-28-29/h15,17-23,30-31H,5-14H2,1-4H3/t15-,17+,18-,19+,20+,21-,22+,23-,24-,25+/m0/s1.